The Morgan fingerprint density at radius 1 is 1.44 bits per heavy atom. The Kier molecular flexibility index (Phi) is 5.45. The van der Waals surface area contributed by atoms with E-state index >= 15 is 0 Å². The quantitative estimate of drug-likeness (QED) is 0.606. The summed E-state index contributed by atoms with van der Waals surface area (Å²) in [6.45, 7) is 2.30. The summed E-state index contributed by atoms with van der Waals surface area (Å²) in [5.41, 5.74) is 0.653. The van der Waals surface area contributed by atoms with E-state index in [1.165, 1.54) is 12.1 Å². The van der Waals surface area contributed by atoms with E-state index in [1.54, 1.807) is 13.0 Å². The molecule has 0 heterocycles. The molecule has 1 aromatic carbocycles. The van der Waals surface area contributed by atoms with Crippen molar-refractivity contribution >= 4 is 5.97 Å². The van der Waals surface area contributed by atoms with Gasteiger partial charge in [0.25, 0.3) is 0 Å². The molecule has 2 N–H and O–H groups in total. The van der Waals surface area contributed by atoms with Crippen LogP contribution >= 0.6 is 0 Å². The molecule has 18 heavy (non-hydrogen) atoms. The van der Waals surface area contributed by atoms with Crippen LogP contribution in [0.4, 0.5) is 8.78 Å². The van der Waals surface area contributed by atoms with E-state index in [1.807, 2.05) is 0 Å². The molecule has 0 aliphatic carbocycles. The molecule has 0 atom stereocenters. The van der Waals surface area contributed by atoms with Crippen molar-refractivity contribution in [3.63, 3.8) is 0 Å². The SMILES string of the molecule is CC/C(=C/CNCc1ccc(F)cc1F)C(=O)O. The van der Waals surface area contributed by atoms with E-state index in [-0.39, 0.29) is 6.54 Å². The third kappa shape index (κ3) is 4.25. The number of carboxylic acids is 1. The van der Waals surface area contributed by atoms with Crippen LogP contribution in [0.1, 0.15) is 18.9 Å². The first kappa shape index (κ1) is 14.3. The minimum atomic E-state index is -0.952. The molecule has 0 unspecified atom stereocenters. The van der Waals surface area contributed by atoms with Crippen LogP contribution < -0.4 is 5.32 Å². The summed E-state index contributed by atoms with van der Waals surface area (Å²) in [5.74, 6) is -2.18. The van der Waals surface area contributed by atoms with E-state index in [0.29, 0.717) is 24.1 Å². The predicted octanol–water partition coefficient (Wildman–Crippen LogP) is 2.48. The van der Waals surface area contributed by atoms with E-state index in [0.717, 1.165) is 6.07 Å². The number of hydrogen-bond donors (Lipinski definition) is 2. The van der Waals surface area contributed by atoms with Crippen molar-refractivity contribution in [2.24, 2.45) is 0 Å². The number of carbonyl (C=O) groups is 1. The monoisotopic (exact) mass is 255 g/mol. The minimum absolute atomic E-state index is 0.221. The second-order valence-electron chi connectivity index (χ2n) is 3.75. The number of hydrogen-bond acceptors (Lipinski definition) is 2. The van der Waals surface area contributed by atoms with Crippen molar-refractivity contribution in [1.82, 2.24) is 5.32 Å². The summed E-state index contributed by atoms with van der Waals surface area (Å²) in [5, 5.41) is 11.6. The molecule has 5 heteroatoms. The second kappa shape index (κ2) is 6.86. The van der Waals surface area contributed by atoms with Crippen LogP contribution in [0.5, 0.6) is 0 Å². The maximum atomic E-state index is 13.2. The fourth-order valence-electron chi connectivity index (χ4n) is 1.45. The average molecular weight is 255 g/mol. The standard InChI is InChI=1S/C13H15F2NO2/c1-2-9(13(17)18)5-6-16-8-10-3-4-11(14)7-12(10)15/h3-5,7,16H,2,6,8H2,1H3,(H,17,18)/b9-5-. The number of benzene rings is 1. The summed E-state index contributed by atoms with van der Waals surface area (Å²) in [7, 11) is 0. The van der Waals surface area contributed by atoms with Crippen molar-refractivity contribution in [3.8, 4) is 0 Å². The van der Waals surface area contributed by atoms with Crippen LogP contribution in [0.2, 0.25) is 0 Å². The van der Waals surface area contributed by atoms with Gasteiger partial charge in [-0.3, -0.25) is 0 Å². The highest BCUT2D eigenvalue weighted by Crippen LogP contribution is 2.09. The molecule has 0 saturated carbocycles. The van der Waals surface area contributed by atoms with Crippen molar-refractivity contribution in [2.45, 2.75) is 19.9 Å². The second-order valence-corrected chi connectivity index (χ2v) is 3.75. The van der Waals surface area contributed by atoms with E-state index in [4.69, 9.17) is 5.11 Å². The Morgan fingerprint density at radius 2 is 2.17 bits per heavy atom. The Labute approximate surface area is 104 Å². The molecule has 0 saturated heterocycles. The predicted molar refractivity (Wildman–Crippen MR) is 64.1 cm³/mol. The van der Waals surface area contributed by atoms with Gasteiger partial charge in [0.1, 0.15) is 11.6 Å². The summed E-state index contributed by atoms with van der Waals surface area (Å²) < 4.78 is 25.9. The molecule has 98 valence electrons. The van der Waals surface area contributed by atoms with Crippen molar-refractivity contribution in [1.29, 1.82) is 0 Å². The first-order chi connectivity index (χ1) is 8.54. The van der Waals surface area contributed by atoms with Gasteiger partial charge in [-0.05, 0) is 12.5 Å². The highest BCUT2D eigenvalue weighted by molar-refractivity contribution is 5.86. The summed E-state index contributed by atoms with van der Waals surface area (Å²) in [4.78, 5) is 10.7. The largest absolute Gasteiger partial charge is 0.478 e. The lowest BCUT2D eigenvalue weighted by atomic mass is 10.2. The Bertz CT molecular complexity index is 458. The molecule has 0 bridgehead atoms. The van der Waals surface area contributed by atoms with Crippen LogP contribution in [-0.2, 0) is 11.3 Å². The lowest BCUT2D eigenvalue weighted by molar-refractivity contribution is -0.132. The van der Waals surface area contributed by atoms with Gasteiger partial charge in [0.2, 0.25) is 0 Å². The molecule has 3 nitrogen and oxygen atoms in total. The van der Waals surface area contributed by atoms with Crippen LogP contribution in [0, 0.1) is 11.6 Å². The van der Waals surface area contributed by atoms with E-state index in [9.17, 15) is 13.6 Å². The van der Waals surface area contributed by atoms with Crippen molar-refractivity contribution in [3.05, 3.63) is 47.0 Å². The number of carboxylic acid groups (broad SMARTS) is 1. The van der Waals surface area contributed by atoms with Crippen LogP contribution in [0.25, 0.3) is 0 Å². The van der Waals surface area contributed by atoms with Gasteiger partial charge in [0.15, 0.2) is 0 Å². The Balaban J connectivity index is 2.49. The fourth-order valence-corrected chi connectivity index (χ4v) is 1.45. The van der Waals surface area contributed by atoms with E-state index in [2.05, 4.69) is 5.32 Å². The summed E-state index contributed by atoms with van der Waals surface area (Å²) >= 11 is 0. The molecule has 1 aromatic rings. The van der Waals surface area contributed by atoms with Crippen LogP contribution in [-0.4, -0.2) is 17.6 Å². The highest BCUT2D eigenvalue weighted by Gasteiger charge is 2.04. The average Bonchev–Trinajstić information content (AvgIpc) is 2.31. The number of aliphatic carboxylic acids is 1. The third-order valence-electron chi connectivity index (χ3n) is 2.48. The molecular formula is C13H15F2NO2. The zero-order valence-electron chi connectivity index (χ0n) is 10.0. The molecular weight excluding hydrogens is 240 g/mol. The molecule has 0 spiro atoms. The Morgan fingerprint density at radius 3 is 2.72 bits per heavy atom. The molecule has 0 fully saturated rings. The number of rotatable bonds is 6. The Hall–Kier alpha value is -1.75. The minimum Gasteiger partial charge on any atom is -0.478 e. The number of halogens is 2. The molecule has 0 aliphatic heterocycles. The molecule has 0 amide bonds. The van der Waals surface area contributed by atoms with Gasteiger partial charge in [-0.1, -0.05) is 19.1 Å². The molecule has 0 aliphatic rings. The summed E-state index contributed by atoms with van der Waals surface area (Å²) in [6.07, 6.45) is 1.98. The van der Waals surface area contributed by atoms with E-state index < -0.39 is 17.6 Å². The van der Waals surface area contributed by atoms with Gasteiger partial charge in [0, 0.05) is 30.3 Å². The molecule has 0 aromatic heterocycles. The van der Waals surface area contributed by atoms with Gasteiger partial charge >= 0.3 is 5.97 Å². The van der Waals surface area contributed by atoms with Crippen LogP contribution in [0.15, 0.2) is 29.8 Å². The topological polar surface area (TPSA) is 49.3 Å². The smallest absolute Gasteiger partial charge is 0.331 e. The normalized spacial score (nSPS) is 11.6. The van der Waals surface area contributed by atoms with Crippen molar-refractivity contribution < 1.29 is 18.7 Å². The van der Waals surface area contributed by atoms with Gasteiger partial charge < -0.3 is 10.4 Å². The lowest BCUT2D eigenvalue weighted by Crippen LogP contribution is -2.15. The van der Waals surface area contributed by atoms with Gasteiger partial charge in [-0.2, -0.15) is 0 Å². The van der Waals surface area contributed by atoms with Crippen LogP contribution in [0.3, 0.4) is 0 Å². The van der Waals surface area contributed by atoms with Gasteiger partial charge in [-0.15, -0.1) is 0 Å². The first-order valence-electron chi connectivity index (χ1n) is 5.61. The third-order valence-corrected chi connectivity index (χ3v) is 2.48. The van der Waals surface area contributed by atoms with Gasteiger partial charge in [-0.25, -0.2) is 13.6 Å². The fraction of sp³-hybridized carbons (Fsp3) is 0.308. The number of nitrogens with one attached hydrogen (secondary N) is 1. The van der Waals surface area contributed by atoms with Gasteiger partial charge in [0.05, 0.1) is 0 Å². The lowest BCUT2D eigenvalue weighted by Gasteiger charge is -2.04. The highest BCUT2D eigenvalue weighted by atomic mass is 19.1. The summed E-state index contributed by atoms with van der Waals surface area (Å²) in [6, 6.07) is 3.37. The zero-order chi connectivity index (χ0) is 13.5. The van der Waals surface area contributed by atoms with Crippen molar-refractivity contribution in [2.75, 3.05) is 6.54 Å². The first-order valence-corrected chi connectivity index (χ1v) is 5.61. The molecule has 1 rings (SSSR count). The molecule has 0 radical (unpaired) electrons. The maximum absolute atomic E-state index is 13.2. The zero-order valence-corrected chi connectivity index (χ0v) is 10.0. The maximum Gasteiger partial charge on any atom is 0.331 e.